The molecule has 1 saturated carbocycles. The summed E-state index contributed by atoms with van der Waals surface area (Å²) >= 11 is 0. The molecule has 14 heavy (non-hydrogen) atoms. The number of aromatic nitrogens is 1. The van der Waals surface area contributed by atoms with Crippen LogP contribution in [0.25, 0.3) is 0 Å². The van der Waals surface area contributed by atoms with E-state index in [2.05, 4.69) is 4.98 Å². The molecule has 0 unspecified atom stereocenters. The lowest BCUT2D eigenvalue weighted by Crippen LogP contribution is -2.07. The highest BCUT2D eigenvalue weighted by molar-refractivity contribution is 5.77. The van der Waals surface area contributed by atoms with Crippen molar-refractivity contribution in [3.8, 4) is 0 Å². The summed E-state index contributed by atoms with van der Waals surface area (Å²) in [4.78, 5) is 15.5. The summed E-state index contributed by atoms with van der Waals surface area (Å²) in [5, 5.41) is 0. The van der Waals surface area contributed by atoms with Gasteiger partial charge in [0.15, 0.2) is 5.89 Å². The Morgan fingerprint density at radius 3 is 3.14 bits per heavy atom. The number of oxazole rings is 1. The van der Waals surface area contributed by atoms with Gasteiger partial charge in [-0.25, -0.2) is 4.98 Å². The van der Waals surface area contributed by atoms with Gasteiger partial charge in [-0.2, -0.15) is 0 Å². The van der Waals surface area contributed by atoms with Crippen LogP contribution in [0.5, 0.6) is 0 Å². The topological polar surface area (TPSA) is 52.3 Å². The van der Waals surface area contributed by atoms with E-state index in [1.54, 1.807) is 13.2 Å². The first kappa shape index (κ1) is 9.24. The summed E-state index contributed by atoms with van der Waals surface area (Å²) in [7, 11) is 0. The number of rotatable bonds is 3. The largest absolute Gasteiger partial charge is 0.466 e. The van der Waals surface area contributed by atoms with Crippen molar-refractivity contribution >= 4 is 5.97 Å². The number of hydrogen-bond acceptors (Lipinski definition) is 4. The minimum Gasteiger partial charge on any atom is -0.466 e. The van der Waals surface area contributed by atoms with Crippen LogP contribution in [-0.2, 0) is 9.53 Å². The van der Waals surface area contributed by atoms with E-state index in [9.17, 15) is 4.79 Å². The van der Waals surface area contributed by atoms with Crippen LogP contribution in [0.2, 0.25) is 0 Å². The monoisotopic (exact) mass is 195 g/mol. The van der Waals surface area contributed by atoms with Crippen LogP contribution in [0, 0.1) is 12.8 Å². The Balaban J connectivity index is 1.96. The highest BCUT2D eigenvalue weighted by Crippen LogP contribution is 2.47. The maximum atomic E-state index is 11.3. The summed E-state index contributed by atoms with van der Waals surface area (Å²) < 4.78 is 10.0. The van der Waals surface area contributed by atoms with Gasteiger partial charge in [0.25, 0.3) is 0 Å². The molecule has 0 N–H and O–H groups in total. The van der Waals surface area contributed by atoms with E-state index in [4.69, 9.17) is 9.15 Å². The fraction of sp³-hybridized carbons (Fsp3) is 0.600. The Bertz CT molecular complexity index is 345. The Morgan fingerprint density at radius 1 is 1.79 bits per heavy atom. The smallest absolute Gasteiger partial charge is 0.309 e. The summed E-state index contributed by atoms with van der Waals surface area (Å²) in [5.41, 5.74) is 0.876. The lowest BCUT2D eigenvalue weighted by Gasteiger charge is -1.98. The van der Waals surface area contributed by atoms with Crippen molar-refractivity contribution in [3.63, 3.8) is 0 Å². The third kappa shape index (κ3) is 1.64. The molecule has 0 aliphatic heterocycles. The summed E-state index contributed by atoms with van der Waals surface area (Å²) in [5.74, 6) is 0.749. The number of carbonyl (C=O) groups is 1. The second-order valence-corrected chi connectivity index (χ2v) is 3.49. The van der Waals surface area contributed by atoms with Gasteiger partial charge in [-0.3, -0.25) is 4.79 Å². The van der Waals surface area contributed by atoms with Gasteiger partial charge in [-0.05, 0) is 13.3 Å². The van der Waals surface area contributed by atoms with Gasteiger partial charge in [0.05, 0.1) is 18.2 Å². The standard InChI is InChI=1S/C10H13NO3/c1-3-13-10(12)8-4-7(8)9-5-14-6(2)11-9/h5,7-8H,3-4H2,1-2H3/t7-,8-/m0/s1. The molecule has 1 aromatic rings. The molecule has 0 bridgehead atoms. The van der Waals surface area contributed by atoms with Crippen LogP contribution < -0.4 is 0 Å². The molecule has 0 amide bonds. The second-order valence-electron chi connectivity index (χ2n) is 3.49. The van der Waals surface area contributed by atoms with Gasteiger partial charge in [0, 0.05) is 12.8 Å². The molecule has 0 saturated heterocycles. The molecule has 1 fully saturated rings. The van der Waals surface area contributed by atoms with Crippen molar-refractivity contribution in [2.75, 3.05) is 6.61 Å². The molecule has 4 heteroatoms. The van der Waals surface area contributed by atoms with E-state index in [1.165, 1.54) is 0 Å². The lowest BCUT2D eigenvalue weighted by molar-refractivity contribution is -0.144. The zero-order chi connectivity index (χ0) is 10.1. The molecule has 0 radical (unpaired) electrons. The van der Waals surface area contributed by atoms with Crippen molar-refractivity contribution < 1.29 is 13.9 Å². The molecule has 4 nitrogen and oxygen atoms in total. The Kier molecular flexibility index (Phi) is 2.27. The van der Waals surface area contributed by atoms with Crippen LogP contribution in [0.15, 0.2) is 10.7 Å². The highest BCUT2D eigenvalue weighted by atomic mass is 16.5. The molecule has 1 aliphatic carbocycles. The van der Waals surface area contributed by atoms with Crippen molar-refractivity contribution in [2.45, 2.75) is 26.2 Å². The predicted octanol–water partition coefficient (Wildman–Crippen LogP) is 1.65. The zero-order valence-corrected chi connectivity index (χ0v) is 8.32. The number of nitrogens with zero attached hydrogens (tertiary/aromatic N) is 1. The molecular formula is C10H13NO3. The van der Waals surface area contributed by atoms with Gasteiger partial charge in [0.1, 0.15) is 6.26 Å². The fourth-order valence-corrected chi connectivity index (χ4v) is 1.58. The van der Waals surface area contributed by atoms with Gasteiger partial charge in [-0.1, -0.05) is 0 Å². The first-order valence-electron chi connectivity index (χ1n) is 4.81. The molecule has 2 rings (SSSR count). The van der Waals surface area contributed by atoms with E-state index < -0.39 is 0 Å². The molecule has 1 heterocycles. The lowest BCUT2D eigenvalue weighted by atomic mass is 10.2. The molecule has 1 aliphatic rings. The average Bonchev–Trinajstić information content (AvgIpc) is 2.84. The maximum absolute atomic E-state index is 11.3. The van der Waals surface area contributed by atoms with Crippen LogP contribution >= 0.6 is 0 Å². The quantitative estimate of drug-likeness (QED) is 0.688. The Labute approximate surface area is 82.3 Å². The molecule has 0 spiro atoms. The number of ether oxygens (including phenoxy) is 1. The Morgan fingerprint density at radius 2 is 2.57 bits per heavy atom. The molecule has 1 aromatic heterocycles. The summed E-state index contributed by atoms with van der Waals surface area (Å²) in [6.45, 7) is 4.06. The van der Waals surface area contributed by atoms with Crippen molar-refractivity contribution in [3.05, 3.63) is 17.8 Å². The van der Waals surface area contributed by atoms with Crippen molar-refractivity contribution in [2.24, 2.45) is 5.92 Å². The van der Waals surface area contributed by atoms with Crippen LogP contribution in [-0.4, -0.2) is 17.6 Å². The number of aryl methyl sites for hydroxylation is 1. The van der Waals surface area contributed by atoms with E-state index in [1.807, 2.05) is 6.92 Å². The molecule has 76 valence electrons. The second kappa shape index (κ2) is 3.44. The van der Waals surface area contributed by atoms with Crippen molar-refractivity contribution in [1.29, 1.82) is 0 Å². The van der Waals surface area contributed by atoms with Gasteiger partial charge in [-0.15, -0.1) is 0 Å². The third-order valence-corrected chi connectivity index (χ3v) is 2.40. The summed E-state index contributed by atoms with van der Waals surface area (Å²) in [6.07, 6.45) is 2.46. The fourth-order valence-electron chi connectivity index (χ4n) is 1.58. The van der Waals surface area contributed by atoms with Gasteiger partial charge in [0.2, 0.25) is 0 Å². The molecule has 2 atom stereocenters. The molecule has 0 aromatic carbocycles. The predicted molar refractivity (Wildman–Crippen MR) is 48.7 cm³/mol. The van der Waals surface area contributed by atoms with Crippen LogP contribution in [0.3, 0.4) is 0 Å². The van der Waals surface area contributed by atoms with Gasteiger partial charge < -0.3 is 9.15 Å². The van der Waals surface area contributed by atoms with E-state index in [-0.39, 0.29) is 17.8 Å². The average molecular weight is 195 g/mol. The number of carbonyl (C=O) groups excluding carboxylic acids is 1. The Hall–Kier alpha value is -1.32. The normalized spacial score (nSPS) is 24.7. The third-order valence-electron chi connectivity index (χ3n) is 2.40. The SMILES string of the molecule is CCOC(=O)[C@H]1C[C@@H]1c1coc(C)n1. The van der Waals surface area contributed by atoms with Gasteiger partial charge >= 0.3 is 5.97 Å². The number of hydrogen-bond donors (Lipinski definition) is 0. The minimum absolute atomic E-state index is 0.000509. The van der Waals surface area contributed by atoms with E-state index in [0.717, 1.165) is 12.1 Å². The maximum Gasteiger partial charge on any atom is 0.309 e. The minimum atomic E-state index is -0.113. The summed E-state index contributed by atoms with van der Waals surface area (Å²) in [6, 6.07) is 0. The molecular weight excluding hydrogens is 182 g/mol. The van der Waals surface area contributed by atoms with E-state index >= 15 is 0 Å². The van der Waals surface area contributed by atoms with E-state index in [0.29, 0.717) is 12.5 Å². The first-order chi connectivity index (χ1) is 6.72. The highest BCUT2D eigenvalue weighted by Gasteiger charge is 2.46. The van der Waals surface area contributed by atoms with Crippen LogP contribution in [0.4, 0.5) is 0 Å². The number of esters is 1. The first-order valence-corrected chi connectivity index (χ1v) is 4.81. The van der Waals surface area contributed by atoms with Crippen LogP contribution in [0.1, 0.15) is 30.8 Å². The zero-order valence-electron chi connectivity index (χ0n) is 8.32. The van der Waals surface area contributed by atoms with Crippen molar-refractivity contribution in [1.82, 2.24) is 4.98 Å².